The van der Waals surface area contributed by atoms with E-state index in [1.165, 1.54) is 117 Å². The van der Waals surface area contributed by atoms with Crippen LogP contribution in [0, 0.1) is 0 Å². The van der Waals surface area contributed by atoms with Gasteiger partial charge < -0.3 is 9.80 Å². The van der Waals surface area contributed by atoms with E-state index in [9.17, 15) is 0 Å². The Kier molecular flexibility index (Phi) is 7.38. The van der Waals surface area contributed by atoms with E-state index in [0.29, 0.717) is 0 Å². The summed E-state index contributed by atoms with van der Waals surface area (Å²) in [5, 5.41) is 0. The van der Waals surface area contributed by atoms with Gasteiger partial charge in [-0.1, -0.05) is 184 Å². The highest BCUT2D eigenvalue weighted by Gasteiger charge is 2.52. The van der Waals surface area contributed by atoms with Gasteiger partial charge in [-0.3, -0.25) is 0 Å². The van der Waals surface area contributed by atoms with E-state index in [4.69, 9.17) is 0 Å². The van der Waals surface area contributed by atoms with Crippen LogP contribution in [-0.2, 0) is 27.1 Å². The Morgan fingerprint density at radius 1 is 0.277 bits per heavy atom. The van der Waals surface area contributed by atoms with Crippen molar-refractivity contribution >= 4 is 34.1 Å². The summed E-state index contributed by atoms with van der Waals surface area (Å²) in [6.45, 7) is 24.2. The Morgan fingerprint density at radius 3 is 1.20 bits per heavy atom. The van der Waals surface area contributed by atoms with Gasteiger partial charge in [-0.15, -0.1) is 0 Å². The lowest BCUT2D eigenvalue weighted by molar-refractivity contribution is 0.566. The third-order valence-electron chi connectivity index (χ3n) is 17.0. The van der Waals surface area contributed by atoms with Crippen LogP contribution >= 0.6 is 0 Å². The van der Waals surface area contributed by atoms with E-state index >= 15 is 0 Å². The second-order valence-corrected chi connectivity index (χ2v) is 22.2. The number of hydrogen-bond acceptors (Lipinski definition) is 2. The summed E-state index contributed by atoms with van der Waals surface area (Å²) in [5.74, 6) is 0. The van der Waals surface area contributed by atoms with Crippen LogP contribution in [0.3, 0.4) is 0 Å². The molecule has 0 aromatic heterocycles. The quantitative estimate of drug-likeness (QED) is 0.174. The third-order valence-corrected chi connectivity index (χ3v) is 17.0. The lowest BCUT2D eigenvalue weighted by Crippen LogP contribution is -2.43. The summed E-state index contributed by atoms with van der Waals surface area (Å²) in [4.78, 5) is 5.25. The second kappa shape index (κ2) is 12.4. The van der Waals surface area contributed by atoms with Gasteiger partial charge in [0.1, 0.15) is 0 Å². The molecule has 0 saturated heterocycles. The molecule has 2 heteroatoms. The lowest BCUT2D eigenvalue weighted by atomic mass is 9.61. The average molecular weight is 841 g/mol. The first-order valence-corrected chi connectivity index (χ1v) is 23.7. The molecule has 13 rings (SSSR count). The van der Waals surface area contributed by atoms with Crippen molar-refractivity contribution < 1.29 is 0 Å². The molecular formula is C63H56N2. The van der Waals surface area contributed by atoms with Gasteiger partial charge in [0.15, 0.2) is 0 Å². The maximum Gasteiger partial charge on any atom is 0.0545 e. The van der Waals surface area contributed by atoms with Crippen LogP contribution in [0.4, 0.5) is 34.1 Å². The molecule has 0 bridgehead atoms. The molecule has 3 aliphatic heterocycles. The summed E-state index contributed by atoms with van der Waals surface area (Å²) >= 11 is 0. The molecular weight excluding hydrogens is 785 g/mol. The van der Waals surface area contributed by atoms with Gasteiger partial charge in [0, 0.05) is 44.1 Å². The Balaban J connectivity index is 1.05. The molecule has 2 aliphatic carbocycles. The fourth-order valence-corrected chi connectivity index (χ4v) is 13.3. The molecule has 2 nitrogen and oxygen atoms in total. The molecule has 0 saturated carbocycles. The van der Waals surface area contributed by atoms with Crippen molar-refractivity contribution in [1.29, 1.82) is 0 Å². The van der Waals surface area contributed by atoms with E-state index in [2.05, 4.69) is 237 Å². The number of para-hydroxylation sites is 2. The highest BCUT2D eigenvalue weighted by atomic mass is 15.2. The van der Waals surface area contributed by atoms with Crippen molar-refractivity contribution in [3.63, 3.8) is 0 Å². The maximum atomic E-state index is 2.68. The molecule has 3 heterocycles. The zero-order valence-corrected chi connectivity index (χ0v) is 39.4. The minimum atomic E-state index is -0.262. The molecule has 0 amide bonds. The SMILES string of the molecule is CC1(C)c2ccccc2-c2ccc(-c3cccc(N(c4ccc5c(c4)C(C)(C)c4ccccc4-5)c4cc5c6c(c4)C(C)(C)c4cccc7c4N6c4c(cccc4C5(C)C)C7(C)C)c3)cc21. The Bertz CT molecular complexity index is 3330. The van der Waals surface area contributed by atoms with Crippen LogP contribution in [0.15, 0.2) is 158 Å². The number of nitrogens with zero attached hydrogens (tertiary/aromatic N) is 2. The molecule has 5 aliphatic rings. The van der Waals surface area contributed by atoms with Crippen molar-refractivity contribution in [3.05, 3.63) is 213 Å². The summed E-state index contributed by atoms with van der Waals surface area (Å²) in [6, 6.07) is 60.9. The van der Waals surface area contributed by atoms with Gasteiger partial charge in [0.2, 0.25) is 0 Å². The number of hydrogen-bond donors (Lipinski definition) is 0. The predicted molar refractivity (Wildman–Crippen MR) is 273 cm³/mol. The van der Waals surface area contributed by atoms with Crippen molar-refractivity contribution in [2.24, 2.45) is 0 Å². The van der Waals surface area contributed by atoms with E-state index < -0.39 is 0 Å². The smallest absolute Gasteiger partial charge is 0.0545 e. The van der Waals surface area contributed by atoms with Crippen molar-refractivity contribution in [2.75, 3.05) is 9.80 Å². The van der Waals surface area contributed by atoms with Crippen LogP contribution in [0.25, 0.3) is 33.4 Å². The van der Waals surface area contributed by atoms with Gasteiger partial charge in [-0.05, 0) is 131 Å². The molecule has 0 radical (unpaired) electrons. The number of rotatable bonds is 4. The summed E-state index contributed by atoms with van der Waals surface area (Å²) < 4.78 is 0. The van der Waals surface area contributed by atoms with Crippen LogP contribution in [-0.4, -0.2) is 0 Å². The third kappa shape index (κ3) is 4.80. The highest BCUT2D eigenvalue weighted by Crippen LogP contribution is 2.67. The topological polar surface area (TPSA) is 6.48 Å². The second-order valence-electron chi connectivity index (χ2n) is 22.2. The largest absolute Gasteiger partial charge is 0.310 e. The standard InChI is InChI=1S/C63H56N2/c1-59(2)46-22-13-11-20-42(46)44-30-28-38(33-52(44)59)37-18-15-19-39(32-37)64(40-29-31-45-43-21-12-14-23-47(43)60(3,4)53(45)34-40)41-35-54-58-55(36-41)63(9,10)51-27-17-25-49-57(51)65(58)56-48(61(49,5)6)24-16-26-50(56)62(54,7)8/h11-36H,1-10H3. The van der Waals surface area contributed by atoms with Gasteiger partial charge in [0.05, 0.1) is 17.1 Å². The maximum absolute atomic E-state index is 2.68. The number of benzene rings is 8. The number of anilines is 6. The number of fused-ring (bicyclic) bond motifs is 6. The van der Waals surface area contributed by atoms with Gasteiger partial charge in [-0.2, -0.15) is 0 Å². The minimum Gasteiger partial charge on any atom is -0.310 e. The first kappa shape index (κ1) is 38.8. The molecule has 0 N–H and O–H groups in total. The average Bonchev–Trinajstić information content (AvgIpc) is 3.67. The first-order chi connectivity index (χ1) is 31.0. The fraction of sp³-hybridized carbons (Fsp3) is 0.238. The zero-order valence-electron chi connectivity index (χ0n) is 39.4. The van der Waals surface area contributed by atoms with Crippen LogP contribution < -0.4 is 9.80 Å². The highest BCUT2D eigenvalue weighted by molar-refractivity contribution is 6.00. The lowest BCUT2D eigenvalue weighted by Gasteiger charge is -2.55. The van der Waals surface area contributed by atoms with E-state index in [-0.39, 0.29) is 27.1 Å². The van der Waals surface area contributed by atoms with Crippen LogP contribution in [0.5, 0.6) is 0 Å². The zero-order chi connectivity index (χ0) is 44.7. The predicted octanol–water partition coefficient (Wildman–Crippen LogP) is 16.8. The fourth-order valence-electron chi connectivity index (χ4n) is 13.3. The molecule has 318 valence electrons. The summed E-state index contributed by atoms with van der Waals surface area (Å²) in [7, 11) is 0. The Morgan fingerprint density at radius 2 is 0.646 bits per heavy atom. The molecule has 0 unspecified atom stereocenters. The van der Waals surface area contributed by atoms with Crippen molar-refractivity contribution in [3.8, 4) is 33.4 Å². The van der Waals surface area contributed by atoms with Crippen LogP contribution in [0.1, 0.15) is 125 Å². The summed E-state index contributed by atoms with van der Waals surface area (Å²) in [5.41, 5.74) is 28.5. The molecule has 0 spiro atoms. The van der Waals surface area contributed by atoms with Gasteiger partial charge >= 0.3 is 0 Å². The Hall–Kier alpha value is -6.64. The van der Waals surface area contributed by atoms with E-state index in [1.54, 1.807) is 0 Å². The summed E-state index contributed by atoms with van der Waals surface area (Å²) in [6.07, 6.45) is 0. The minimum absolute atomic E-state index is 0.0760. The molecule has 65 heavy (non-hydrogen) atoms. The molecule has 8 aromatic carbocycles. The normalized spacial score (nSPS) is 18.0. The molecule has 8 aromatic rings. The van der Waals surface area contributed by atoms with Crippen molar-refractivity contribution in [2.45, 2.75) is 96.3 Å². The van der Waals surface area contributed by atoms with Gasteiger partial charge in [0.25, 0.3) is 0 Å². The van der Waals surface area contributed by atoms with E-state index in [0.717, 1.165) is 5.69 Å². The van der Waals surface area contributed by atoms with Crippen molar-refractivity contribution in [1.82, 2.24) is 0 Å². The molecule has 0 fully saturated rings. The Labute approximate surface area is 385 Å². The monoisotopic (exact) mass is 840 g/mol. The van der Waals surface area contributed by atoms with E-state index in [1.807, 2.05) is 0 Å². The van der Waals surface area contributed by atoms with Gasteiger partial charge in [-0.25, -0.2) is 0 Å². The first-order valence-electron chi connectivity index (χ1n) is 23.7. The van der Waals surface area contributed by atoms with Crippen LogP contribution in [0.2, 0.25) is 0 Å². The molecule has 0 atom stereocenters.